The summed E-state index contributed by atoms with van der Waals surface area (Å²) in [5, 5.41) is 29.3. The van der Waals surface area contributed by atoms with Gasteiger partial charge in [-0.2, -0.15) is 24.9 Å². The lowest BCUT2D eigenvalue weighted by molar-refractivity contribution is -0.192. The number of aromatic amines is 1. The number of amides is 2. The summed E-state index contributed by atoms with van der Waals surface area (Å²) in [7, 11) is 0. The van der Waals surface area contributed by atoms with Gasteiger partial charge in [-0.25, -0.2) is 24.3 Å². The van der Waals surface area contributed by atoms with Crippen LogP contribution in [0.3, 0.4) is 0 Å². The van der Waals surface area contributed by atoms with Gasteiger partial charge in [0, 0.05) is 5.56 Å². The number of hydrogen-bond donors (Lipinski definition) is 5. The largest absolute Gasteiger partial charge is 0.490 e. The zero-order valence-corrected chi connectivity index (χ0v) is 23.1. The number of nitrogens with zero attached hydrogens (tertiary/aromatic N) is 2. The Morgan fingerprint density at radius 1 is 0.977 bits per heavy atom. The minimum Gasteiger partial charge on any atom is -0.480 e. The Hall–Kier alpha value is -5.05. The van der Waals surface area contributed by atoms with Gasteiger partial charge < -0.3 is 25.6 Å². The lowest BCUT2D eigenvalue weighted by Gasteiger charge is -2.22. The van der Waals surface area contributed by atoms with Gasteiger partial charge in [-0.05, 0) is 66.0 Å². The van der Waals surface area contributed by atoms with Crippen molar-refractivity contribution in [3.8, 4) is 11.1 Å². The van der Waals surface area contributed by atoms with Crippen LogP contribution in [0, 0.1) is 0 Å². The fourth-order valence-electron chi connectivity index (χ4n) is 3.88. The van der Waals surface area contributed by atoms with E-state index in [0.29, 0.717) is 33.8 Å². The lowest BCUT2D eigenvalue weighted by atomic mass is 9.97. The molecule has 0 aliphatic carbocycles. The van der Waals surface area contributed by atoms with E-state index in [-0.39, 0.29) is 12.0 Å². The number of aliphatic carboxylic acids is 2. The predicted molar refractivity (Wildman–Crippen MR) is 154 cm³/mol. The standard InChI is InChI=1S/C26H24N4O5S.C2HF3O2/c1-36-12-11-22(25(32)33)29-24(31)19-9-7-17(13-20(19)16-5-3-2-4-6-16)30(26(34)35)18-8-10-21-23(14-18)28-15-27-21;3-2(4,5)1(6)7/h2-10,13-15,22H,11-12H2,1H3,(H,27,28)(H,29,31)(H,32,33)(H,34,35);(H,6,7)/t22-;/m0./s1. The highest BCUT2D eigenvalue weighted by molar-refractivity contribution is 7.98. The van der Waals surface area contributed by atoms with E-state index in [2.05, 4.69) is 15.3 Å². The van der Waals surface area contributed by atoms with Gasteiger partial charge in [-0.15, -0.1) is 0 Å². The Bertz CT molecular complexity index is 1610. The number of anilines is 2. The summed E-state index contributed by atoms with van der Waals surface area (Å²) in [5.74, 6) is -3.84. The number of carbonyl (C=O) groups excluding carboxylic acids is 1. The molecule has 5 N–H and O–H groups in total. The van der Waals surface area contributed by atoms with Gasteiger partial charge >= 0.3 is 24.2 Å². The quantitative estimate of drug-likeness (QED) is 0.160. The molecule has 1 aromatic heterocycles. The number of fused-ring (bicyclic) bond motifs is 1. The molecule has 0 bridgehead atoms. The monoisotopic (exact) mass is 618 g/mol. The molecule has 2 amide bonds. The molecule has 0 fully saturated rings. The van der Waals surface area contributed by atoms with Crippen LogP contribution < -0.4 is 10.2 Å². The Morgan fingerprint density at radius 2 is 1.60 bits per heavy atom. The van der Waals surface area contributed by atoms with Crippen molar-refractivity contribution in [1.82, 2.24) is 15.3 Å². The number of benzene rings is 3. The van der Waals surface area contributed by atoms with E-state index in [1.807, 2.05) is 24.5 Å². The molecule has 0 saturated carbocycles. The number of rotatable bonds is 9. The van der Waals surface area contributed by atoms with E-state index in [0.717, 1.165) is 10.4 Å². The third-order valence-corrected chi connectivity index (χ3v) is 6.55. The van der Waals surface area contributed by atoms with Gasteiger partial charge in [0.25, 0.3) is 5.91 Å². The summed E-state index contributed by atoms with van der Waals surface area (Å²) in [6, 6.07) is 17.8. The summed E-state index contributed by atoms with van der Waals surface area (Å²) in [6.07, 6.45) is -2.61. The zero-order chi connectivity index (χ0) is 31.7. The lowest BCUT2D eigenvalue weighted by Crippen LogP contribution is -2.41. The van der Waals surface area contributed by atoms with Crippen LogP contribution in [0.25, 0.3) is 22.2 Å². The molecule has 43 heavy (non-hydrogen) atoms. The van der Waals surface area contributed by atoms with Crippen LogP contribution in [0.5, 0.6) is 0 Å². The van der Waals surface area contributed by atoms with Crippen molar-refractivity contribution in [3.63, 3.8) is 0 Å². The average molecular weight is 619 g/mol. The van der Waals surface area contributed by atoms with Crippen LogP contribution in [-0.2, 0) is 9.59 Å². The molecule has 0 unspecified atom stereocenters. The van der Waals surface area contributed by atoms with Gasteiger partial charge in [0.15, 0.2) is 0 Å². The molecular formula is C28H25F3N4O7S. The highest BCUT2D eigenvalue weighted by Crippen LogP contribution is 2.33. The maximum atomic E-state index is 13.2. The summed E-state index contributed by atoms with van der Waals surface area (Å²) in [6.45, 7) is 0. The fourth-order valence-corrected chi connectivity index (χ4v) is 4.36. The van der Waals surface area contributed by atoms with Crippen LogP contribution in [-0.4, -0.2) is 73.5 Å². The first-order valence-electron chi connectivity index (χ1n) is 12.3. The van der Waals surface area contributed by atoms with Gasteiger partial charge in [-0.3, -0.25) is 4.79 Å². The molecule has 0 aliphatic rings. The molecule has 3 aromatic carbocycles. The van der Waals surface area contributed by atoms with Crippen molar-refractivity contribution in [2.24, 2.45) is 0 Å². The Kier molecular flexibility index (Phi) is 10.7. The second-order valence-electron chi connectivity index (χ2n) is 8.77. The molecule has 4 rings (SSSR count). The predicted octanol–water partition coefficient (Wildman–Crippen LogP) is 5.62. The number of carboxylic acids is 2. The fraction of sp³-hybridized carbons (Fsp3) is 0.179. The van der Waals surface area contributed by atoms with Crippen LogP contribution in [0.15, 0.2) is 73.1 Å². The first-order valence-corrected chi connectivity index (χ1v) is 13.7. The molecule has 0 saturated heterocycles. The molecule has 15 heteroatoms. The average Bonchev–Trinajstić information content (AvgIpc) is 3.43. The Balaban J connectivity index is 0.000000646. The molecule has 0 radical (unpaired) electrons. The van der Waals surface area contributed by atoms with Crippen molar-refractivity contribution >= 4 is 58.1 Å². The minimum absolute atomic E-state index is 0.244. The van der Waals surface area contributed by atoms with Gasteiger partial charge in [0.05, 0.1) is 28.7 Å². The van der Waals surface area contributed by atoms with Crippen molar-refractivity contribution in [2.75, 3.05) is 16.9 Å². The van der Waals surface area contributed by atoms with E-state index in [1.165, 1.54) is 30.2 Å². The maximum absolute atomic E-state index is 13.2. The Morgan fingerprint density at radius 3 is 2.19 bits per heavy atom. The number of nitrogens with one attached hydrogen (secondary N) is 2. The van der Waals surface area contributed by atoms with Crippen LogP contribution in [0.4, 0.5) is 29.3 Å². The molecule has 226 valence electrons. The molecular weight excluding hydrogens is 593 g/mol. The second kappa shape index (κ2) is 14.2. The third-order valence-electron chi connectivity index (χ3n) is 5.90. The van der Waals surface area contributed by atoms with Crippen LogP contribution >= 0.6 is 11.8 Å². The number of imidazole rings is 1. The number of carbonyl (C=O) groups is 4. The Labute approximate surface area is 246 Å². The number of carboxylic acid groups (broad SMARTS) is 3. The zero-order valence-electron chi connectivity index (χ0n) is 22.3. The smallest absolute Gasteiger partial charge is 0.480 e. The number of thioether (sulfide) groups is 1. The van der Waals surface area contributed by atoms with Crippen molar-refractivity contribution in [2.45, 2.75) is 18.6 Å². The number of aromatic nitrogens is 2. The van der Waals surface area contributed by atoms with Gasteiger partial charge in [0.2, 0.25) is 0 Å². The highest BCUT2D eigenvalue weighted by Gasteiger charge is 2.38. The first-order chi connectivity index (χ1) is 20.3. The van der Waals surface area contributed by atoms with Crippen molar-refractivity contribution < 1.29 is 47.7 Å². The number of halogens is 3. The molecule has 0 aliphatic heterocycles. The second-order valence-corrected chi connectivity index (χ2v) is 9.75. The van der Waals surface area contributed by atoms with Gasteiger partial charge in [-0.1, -0.05) is 30.3 Å². The molecule has 1 heterocycles. The summed E-state index contributed by atoms with van der Waals surface area (Å²) in [4.78, 5) is 54.4. The SMILES string of the molecule is CSCC[C@H](NC(=O)c1ccc(N(C(=O)O)c2ccc3[nH]cnc3c2)cc1-c1ccccc1)C(=O)O.O=C(O)C(F)(F)F. The maximum Gasteiger partial charge on any atom is 0.490 e. The highest BCUT2D eigenvalue weighted by atomic mass is 32.2. The van der Waals surface area contributed by atoms with E-state index in [1.54, 1.807) is 36.4 Å². The first kappa shape index (κ1) is 32.5. The van der Waals surface area contributed by atoms with Crippen molar-refractivity contribution in [3.05, 3.63) is 78.6 Å². The third kappa shape index (κ3) is 8.48. The molecule has 0 spiro atoms. The van der Waals surface area contributed by atoms with Gasteiger partial charge in [0.1, 0.15) is 6.04 Å². The van der Waals surface area contributed by atoms with E-state index in [4.69, 9.17) is 9.90 Å². The topological polar surface area (TPSA) is 173 Å². The van der Waals surface area contributed by atoms with E-state index >= 15 is 0 Å². The van der Waals surface area contributed by atoms with Crippen LogP contribution in [0.2, 0.25) is 0 Å². The minimum atomic E-state index is -5.08. The number of H-pyrrole nitrogens is 1. The summed E-state index contributed by atoms with van der Waals surface area (Å²) >= 11 is 1.50. The summed E-state index contributed by atoms with van der Waals surface area (Å²) in [5.41, 5.74) is 3.51. The van der Waals surface area contributed by atoms with Crippen LogP contribution in [0.1, 0.15) is 16.8 Å². The normalized spacial score (nSPS) is 11.6. The van der Waals surface area contributed by atoms with E-state index < -0.39 is 36.2 Å². The molecule has 11 nitrogen and oxygen atoms in total. The summed E-state index contributed by atoms with van der Waals surface area (Å²) < 4.78 is 31.7. The molecule has 4 aromatic rings. The molecule has 1 atom stereocenters. The van der Waals surface area contributed by atoms with Crippen molar-refractivity contribution in [1.29, 1.82) is 0 Å². The number of alkyl halides is 3. The number of hydrogen-bond acceptors (Lipinski definition) is 6. The van der Waals surface area contributed by atoms with E-state index in [9.17, 15) is 37.8 Å².